The summed E-state index contributed by atoms with van der Waals surface area (Å²) in [6, 6.07) is 0. The normalized spacial score (nSPS) is 31.5. The number of hydrogen-bond acceptors (Lipinski definition) is 0. The smallest absolute Gasteiger partial charge is 0.0105 e. The molecule has 0 aromatic carbocycles. The Labute approximate surface area is 69.0 Å². The van der Waals surface area contributed by atoms with E-state index < -0.39 is 0 Å². The van der Waals surface area contributed by atoms with Crippen molar-refractivity contribution < 1.29 is 0 Å². The molecule has 1 fully saturated rings. The largest absolute Gasteiger partial charge is 0.0847 e. The fourth-order valence-electron chi connectivity index (χ4n) is 2.19. The monoisotopic (exact) mass is 148 g/mol. The molecule has 0 saturated heterocycles. The van der Waals surface area contributed by atoms with Crippen LogP contribution in [0.2, 0.25) is 0 Å². The summed E-state index contributed by atoms with van der Waals surface area (Å²) in [4.78, 5) is 0. The van der Waals surface area contributed by atoms with Crippen LogP contribution >= 0.6 is 0 Å². The first-order valence-corrected chi connectivity index (χ1v) is 4.77. The highest BCUT2D eigenvalue weighted by Crippen LogP contribution is 2.43. The summed E-state index contributed by atoms with van der Waals surface area (Å²) in [5.74, 6) is 0.927. The second kappa shape index (κ2) is 2.84. The predicted octanol–water partition coefficient (Wildman–Crippen LogP) is 3.45. The molecule has 0 N–H and O–H groups in total. The number of unbranched alkanes of at least 4 members (excludes halogenated alkanes) is 1. The van der Waals surface area contributed by atoms with E-state index in [0.29, 0.717) is 0 Å². The van der Waals surface area contributed by atoms with Gasteiger partial charge in [0.15, 0.2) is 0 Å². The van der Waals surface area contributed by atoms with Gasteiger partial charge in [0.1, 0.15) is 0 Å². The maximum atomic E-state index is 2.48. The van der Waals surface area contributed by atoms with E-state index in [0.717, 1.165) is 5.92 Å². The molecule has 0 aliphatic heterocycles. The molecule has 0 heterocycles. The van der Waals surface area contributed by atoms with E-state index in [1.807, 2.05) is 0 Å². The SMILES string of the molecule is CCC/C=C1\CC2=CCC1C2. The van der Waals surface area contributed by atoms with Gasteiger partial charge in [-0.15, -0.1) is 0 Å². The van der Waals surface area contributed by atoms with Gasteiger partial charge in [-0.2, -0.15) is 0 Å². The summed E-state index contributed by atoms with van der Waals surface area (Å²) in [6.07, 6.45) is 11.5. The van der Waals surface area contributed by atoms with Crippen LogP contribution in [-0.2, 0) is 0 Å². The predicted molar refractivity (Wildman–Crippen MR) is 48.4 cm³/mol. The van der Waals surface area contributed by atoms with E-state index in [2.05, 4.69) is 19.1 Å². The average Bonchev–Trinajstić information content (AvgIpc) is 2.60. The van der Waals surface area contributed by atoms with Crippen molar-refractivity contribution in [3.63, 3.8) is 0 Å². The molecule has 60 valence electrons. The van der Waals surface area contributed by atoms with Crippen molar-refractivity contribution in [2.45, 2.75) is 39.0 Å². The molecule has 1 unspecified atom stereocenters. The average molecular weight is 148 g/mol. The number of allylic oxidation sites excluding steroid dienone is 4. The summed E-state index contributed by atoms with van der Waals surface area (Å²) in [7, 11) is 0. The van der Waals surface area contributed by atoms with E-state index in [1.165, 1.54) is 32.1 Å². The van der Waals surface area contributed by atoms with Gasteiger partial charge < -0.3 is 0 Å². The highest BCUT2D eigenvalue weighted by Gasteiger charge is 2.27. The molecule has 0 heteroatoms. The van der Waals surface area contributed by atoms with Crippen LogP contribution in [0.25, 0.3) is 0 Å². The third-order valence-electron chi connectivity index (χ3n) is 2.85. The Bertz CT molecular complexity index is 208. The van der Waals surface area contributed by atoms with Gasteiger partial charge in [-0.25, -0.2) is 0 Å². The molecular weight excluding hydrogens is 132 g/mol. The highest BCUT2D eigenvalue weighted by atomic mass is 14.3. The minimum Gasteiger partial charge on any atom is -0.0847 e. The quantitative estimate of drug-likeness (QED) is 0.526. The van der Waals surface area contributed by atoms with Crippen LogP contribution in [0.15, 0.2) is 23.3 Å². The minimum atomic E-state index is 0.927. The highest BCUT2D eigenvalue weighted by molar-refractivity contribution is 5.32. The van der Waals surface area contributed by atoms with Crippen molar-refractivity contribution >= 4 is 0 Å². The minimum absolute atomic E-state index is 0.927. The van der Waals surface area contributed by atoms with Crippen molar-refractivity contribution in [1.29, 1.82) is 0 Å². The van der Waals surface area contributed by atoms with Crippen molar-refractivity contribution in [3.05, 3.63) is 23.3 Å². The molecule has 2 aliphatic rings. The molecule has 0 radical (unpaired) electrons. The molecule has 0 aromatic rings. The van der Waals surface area contributed by atoms with Gasteiger partial charge in [-0.3, -0.25) is 0 Å². The van der Waals surface area contributed by atoms with Crippen LogP contribution in [0.3, 0.4) is 0 Å². The van der Waals surface area contributed by atoms with E-state index >= 15 is 0 Å². The lowest BCUT2D eigenvalue weighted by Gasteiger charge is -2.08. The van der Waals surface area contributed by atoms with Gasteiger partial charge in [0, 0.05) is 0 Å². The van der Waals surface area contributed by atoms with Gasteiger partial charge >= 0.3 is 0 Å². The lowest BCUT2D eigenvalue weighted by molar-refractivity contribution is 0.690. The van der Waals surface area contributed by atoms with Gasteiger partial charge in [-0.1, -0.05) is 36.6 Å². The van der Waals surface area contributed by atoms with Crippen LogP contribution in [0.4, 0.5) is 0 Å². The number of hydrogen-bond donors (Lipinski definition) is 0. The van der Waals surface area contributed by atoms with Crippen LogP contribution in [0.1, 0.15) is 39.0 Å². The summed E-state index contributed by atoms with van der Waals surface area (Å²) in [5.41, 5.74) is 3.45. The Morgan fingerprint density at radius 3 is 3.09 bits per heavy atom. The molecular formula is C11H16. The van der Waals surface area contributed by atoms with Crippen molar-refractivity contribution in [2.75, 3.05) is 0 Å². The molecule has 1 atom stereocenters. The first-order valence-electron chi connectivity index (χ1n) is 4.77. The third-order valence-corrected chi connectivity index (χ3v) is 2.85. The van der Waals surface area contributed by atoms with E-state index in [9.17, 15) is 0 Å². The second-order valence-electron chi connectivity index (χ2n) is 3.74. The fourth-order valence-corrected chi connectivity index (χ4v) is 2.19. The van der Waals surface area contributed by atoms with E-state index in [4.69, 9.17) is 0 Å². The first kappa shape index (κ1) is 7.15. The Morgan fingerprint density at radius 2 is 2.55 bits per heavy atom. The molecule has 1 saturated carbocycles. The van der Waals surface area contributed by atoms with Crippen LogP contribution < -0.4 is 0 Å². The zero-order valence-electron chi connectivity index (χ0n) is 7.27. The fraction of sp³-hybridized carbons (Fsp3) is 0.636. The third kappa shape index (κ3) is 1.26. The van der Waals surface area contributed by atoms with Gasteiger partial charge in [0.25, 0.3) is 0 Å². The van der Waals surface area contributed by atoms with Gasteiger partial charge in [0.05, 0.1) is 0 Å². The lowest BCUT2D eigenvalue weighted by Crippen LogP contribution is -1.93. The van der Waals surface area contributed by atoms with Crippen molar-refractivity contribution in [2.24, 2.45) is 5.92 Å². The molecule has 2 bridgehead atoms. The summed E-state index contributed by atoms with van der Waals surface area (Å²) < 4.78 is 0. The van der Waals surface area contributed by atoms with E-state index in [-0.39, 0.29) is 0 Å². The molecule has 0 aromatic heterocycles. The molecule has 0 amide bonds. The van der Waals surface area contributed by atoms with Gasteiger partial charge in [-0.05, 0) is 31.6 Å². The summed E-state index contributed by atoms with van der Waals surface area (Å²) in [6.45, 7) is 2.25. The number of fused-ring (bicyclic) bond motifs is 2. The van der Waals surface area contributed by atoms with Crippen LogP contribution in [0, 0.1) is 5.92 Å². The van der Waals surface area contributed by atoms with Crippen molar-refractivity contribution in [1.82, 2.24) is 0 Å². The second-order valence-corrected chi connectivity index (χ2v) is 3.74. The Kier molecular flexibility index (Phi) is 1.85. The Balaban J connectivity index is 2.03. The topological polar surface area (TPSA) is 0 Å². The summed E-state index contributed by atoms with van der Waals surface area (Å²) >= 11 is 0. The zero-order chi connectivity index (χ0) is 7.68. The zero-order valence-corrected chi connectivity index (χ0v) is 7.27. The summed E-state index contributed by atoms with van der Waals surface area (Å²) in [5, 5.41) is 0. The maximum absolute atomic E-state index is 2.48. The first-order chi connectivity index (χ1) is 5.40. The van der Waals surface area contributed by atoms with Crippen molar-refractivity contribution in [3.8, 4) is 0 Å². The number of rotatable bonds is 2. The standard InChI is InChI=1S/C11H16/c1-2-3-4-10-7-9-5-6-11(10)8-9/h4-5,11H,2-3,6-8H2,1H3/b10-4+. The lowest BCUT2D eigenvalue weighted by atomic mass is 9.97. The molecule has 0 spiro atoms. The van der Waals surface area contributed by atoms with Gasteiger partial charge in [0.2, 0.25) is 0 Å². The Morgan fingerprint density at radius 1 is 1.64 bits per heavy atom. The molecule has 11 heavy (non-hydrogen) atoms. The molecule has 0 nitrogen and oxygen atoms in total. The molecule has 2 aliphatic carbocycles. The molecule has 2 rings (SSSR count). The van der Waals surface area contributed by atoms with Crippen LogP contribution in [0.5, 0.6) is 0 Å². The maximum Gasteiger partial charge on any atom is -0.0105 e. The Hall–Kier alpha value is -0.520. The van der Waals surface area contributed by atoms with E-state index in [1.54, 1.807) is 11.1 Å². The van der Waals surface area contributed by atoms with Crippen LogP contribution in [-0.4, -0.2) is 0 Å².